The summed E-state index contributed by atoms with van der Waals surface area (Å²) in [7, 11) is 1.35. The van der Waals surface area contributed by atoms with Crippen molar-refractivity contribution in [3.63, 3.8) is 0 Å². The predicted octanol–water partition coefficient (Wildman–Crippen LogP) is 5.20. The smallest absolute Gasteiger partial charge is 0.337 e. The molecule has 1 amide bonds. The molecule has 30 heavy (non-hydrogen) atoms. The van der Waals surface area contributed by atoms with Gasteiger partial charge in [0.2, 0.25) is 0 Å². The summed E-state index contributed by atoms with van der Waals surface area (Å²) in [5, 5.41) is 3.42. The molecule has 0 radical (unpaired) electrons. The molecule has 0 unspecified atom stereocenters. The molecule has 1 aliphatic rings. The van der Waals surface area contributed by atoms with Gasteiger partial charge >= 0.3 is 5.97 Å². The van der Waals surface area contributed by atoms with Crippen molar-refractivity contribution in [2.45, 2.75) is 6.61 Å². The lowest BCUT2D eigenvalue weighted by Crippen LogP contribution is -2.03. The third-order valence-electron chi connectivity index (χ3n) is 4.74. The van der Waals surface area contributed by atoms with Crippen molar-refractivity contribution in [3.05, 3.63) is 94.0 Å². The van der Waals surface area contributed by atoms with E-state index in [1.165, 1.54) is 7.11 Å². The normalized spacial score (nSPS) is 13.7. The number of hydrogen-bond acceptors (Lipinski definition) is 4. The Labute approximate surface area is 178 Å². The fourth-order valence-electron chi connectivity index (χ4n) is 3.15. The second-order valence-electron chi connectivity index (χ2n) is 6.75. The number of ether oxygens (including phenoxy) is 2. The largest absolute Gasteiger partial charge is 0.489 e. The summed E-state index contributed by atoms with van der Waals surface area (Å²) < 4.78 is 10.5. The predicted molar refractivity (Wildman–Crippen MR) is 117 cm³/mol. The fraction of sp³-hybridized carbons (Fsp3) is 0.0833. The quantitative estimate of drug-likeness (QED) is 0.456. The van der Waals surface area contributed by atoms with Crippen LogP contribution in [-0.2, 0) is 16.1 Å². The molecule has 1 heterocycles. The molecule has 4 rings (SSSR count). The van der Waals surface area contributed by atoms with Gasteiger partial charge in [0.1, 0.15) is 12.4 Å². The molecule has 0 bridgehead atoms. The second kappa shape index (κ2) is 8.43. The molecule has 0 aromatic heterocycles. The highest BCUT2D eigenvalue weighted by Gasteiger charge is 2.24. The van der Waals surface area contributed by atoms with E-state index in [0.717, 1.165) is 22.4 Å². The first-order chi connectivity index (χ1) is 14.5. The minimum absolute atomic E-state index is 0.150. The molecule has 6 heteroatoms. The van der Waals surface area contributed by atoms with Crippen LogP contribution in [0.2, 0.25) is 5.02 Å². The summed E-state index contributed by atoms with van der Waals surface area (Å²) in [6.45, 7) is 0.371. The van der Waals surface area contributed by atoms with Gasteiger partial charge in [0, 0.05) is 21.8 Å². The Hall–Kier alpha value is -3.57. The molecule has 3 aromatic rings. The van der Waals surface area contributed by atoms with Crippen LogP contribution < -0.4 is 10.1 Å². The highest BCUT2D eigenvalue weighted by atomic mass is 35.5. The highest BCUT2D eigenvalue weighted by Crippen LogP contribution is 2.35. The van der Waals surface area contributed by atoms with Crippen molar-refractivity contribution in [1.82, 2.24) is 0 Å². The highest BCUT2D eigenvalue weighted by molar-refractivity contribution is 6.36. The van der Waals surface area contributed by atoms with Gasteiger partial charge < -0.3 is 14.8 Å². The van der Waals surface area contributed by atoms with Gasteiger partial charge in [-0.15, -0.1) is 0 Å². The molecule has 0 spiro atoms. The average Bonchev–Trinajstić information content (AvgIpc) is 3.07. The van der Waals surface area contributed by atoms with Crippen molar-refractivity contribution < 1.29 is 19.1 Å². The van der Waals surface area contributed by atoms with Gasteiger partial charge in [-0.2, -0.15) is 0 Å². The number of methoxy groups -OCH3 is 1. The minimum Gasteiger partial charge on any atom is -0.489 e. The molecule has 0 saturated carbocycles. The van der Waals surface area contributed by atoms with Crippen LogP contribution in [0.1, 0.15) is 27.0 Å². The maximum atomic E-state index is 12.3. The number of esters is 1. The van der Waals surface area contributed by atoms with E-state index in [1.54, 1.807) is 30.3 Å². The van der Waals surface area contributed by atoms with Crippen LogP contribution in [0.4, 0.5) is 5.69 Å². The molecule has 5 nitrogen and oxygen atoms in total. The standard InChI is InChI=1S/C24H18ClNO4/c1-29-24(28)17-6-2-16(3-7-17)14-30-19-9-4-15(5-10-19)12-21-20-13-18(25)8-11-22(20)26-23(21)27/h2-13H,14H2,1H3,(H,26,27)/b21-12-. The first kappa shape index (κ1) is 19.7. The van der Waals surface area contributed by atoms with Crippen LogP contribution in [0.25, 0.3) is 11.6 Å². The summed E-state index contributed by atoms with van der Waals surface area (Å²) in [4.78, 5) is 23.8. The Morgan fingerprint density at radius 3 is 2.47 bits per heavy atom. The van der Waals surface area contributed by atoms with Gasteiger partial charge in [0.25, 0.3) is 5.91 Å². The number of anilines is 1. The summed E-state index contributed by atoms with van der Waals surface area (Å²) in [5.74, 6) is 0.185. The minimum atomic E-state index is -0.368. The Morgan fingerprint density at radius 2 is 1.77 bits per heavy atom. The van der Waals surface area contributed by atoms with E-state index in [0.29, 0.717) is 28.5 Å². The van der Waals surface area contributed by atoms with Crippen LogP contribution in [0.5, 0.6) is 5.75 Å². The number of carbonyl (C=O) groups excluding carboxylic acids is 2. The Morgan fingerprint density at radius 1 is 1.03 bits per heavy atom. The van der Waals surface area contributed by atoms with E-state index in [1.807, 2.05) is 42.5 Å². The van der Waals surface area contributed by atoms with Crippen LogP contribution in [-0.4, -0.2) is 19.0 Å². The lowest BCUT2D eigenvalue weighted by Gasteiger charge is -2.07. The Bertz CT molecular complexity index is 1130. The Balaban J connectivity index is 1.44. The molecule has 0 saturated heterocycles. The van der Waals surface area contributed by atoms with Crippen LogP contribution in [0, 0.1) is 0 Å². The molecule has 150 valence electrons. The van der Waals surface area contributed by atoms with Gasteiger partial charge in [0.15, 0.2) is 0 Å². The van der Waals surface area contributed by atoms with Gasteiger partial charge in [-0.3, -0.25) is 4.79 Å². The molecule has 0 aliphatic carbocycles. The van der Waals surface area contributed by atoms with Crippen molar-refractivity contribution in [2.24, 2.45) is 0 Å². The van der Waals surface area contributed by atoms with Gasteiger partial charge in [-0.05, 0) is 59.7 Å². The molecule has 3 aromatic carbocycles. The fourth-order valence-corrected chi connectivity index (χ4v) is 3.32. The third kappa shape index (κ3) is 4.21. The van der Waals surface area contributed by atoms with Crippen molar-refractivity contribution in [3.8, 4) is 5.75 Å². The number of carbonyl (C=O) groups is 2. The van der Waals surface area contributed by atoms with Crippen molar-refractivity contribution in [1.29, 1.82) is 0 Å². The van der Waals surface area contributed by atoms with Crippen LogP contribution in [0.3, 0.4) is 0 Å². The molecule has 0 atom stereocenters. The summed E-state index contributed by atoms with van der Waals surface area (Å²) >= 11 is 6.07. The summed E-state index contributed by atoms with van der Waals surface area (Å²) in [6, 6.07) is 19.9. The molecule has 0 fully saturated rings. The number of rotatable bonds is 5. The Kier molecular flexibility index (Phi) is 5.55. The number of amides is 1. The number of fused-ring (bicyclic) bond motifs is 1. The SMILES string of the molecule is COC(=O)c1ccc(COc2ccc(/C=C3\C(=O)Nc4ccc(Cl)cc43)cc2)cc1. The lowest BCUT2D eigenvalue weighted by molar-refractivity contribution is -0.110. The van der Waals surface area contributed by atoms with Crippen molar-refractivity contribution >= 4 is 40.8 Å². The number of hydrogen-bond donors (Lipinski definition) is 1. The van der Waals surface area contributed by atoms with E-state index >= 15 is 0 Å². The zero-order valence-corrected chi connectivity index (χ0v) is 16.9. The first-order valence-electron chi connectivity index (χ1n) is 9.26. The molecular formula is C24H18ClNO4. The number of benzene rings is 3. The zero-order valence-electron chi connectivity index (χ0n) is 16.1. The first-order valence-corrected chi connectivity index (χ1v) is 9.64. The van der Waals surface area contributed by atoms with Crippen LogP contribution in [0.15, 0.2) is 66.7 Å². The second-order valence-corrected chi connectivity index (χ2v) is 7.18. The molecule has 1 N–H and O–H groups in total. The van der Waals surface area contributed by atoms with E-state index in [-0.39, 0.29) is 11.9 Å². The average molecular weight is 420 g/mol. The van der Waals surface area contributed by atoms with Gasteiger partial charge in [0.05, 0.1) is 12.7 Å². The van der Waals surface area contributed by atoms with Gasteiger partial charge in [-0.25, -0.2) is 4.79 Å². The van der Waals surface area contributed by atoms with Crippen molar-refractivity contribution in [2.75, 3.05) is 12.4 Å². The molecular weight excluding hydrogens is 402 g/mol. The number of halogens is 1. The topological polar surface area (TPSA) is 64.6 Å². The lowest BCUT2D eigenvalue weighted by atomic mass is 10.0. The van der Waals surface area contributed by atoms with Gasteiger partial charge in [-0.1, -0.05) is 35.9 Å². The van der Waals surface area contributed by atoms with E-state index < -0.39 is 0 Å². The van der Waals surface area contributed by atoms with E-state index in [9.17, 15) is 9.59 Å². The van der Waals surface area contributed by atoms with Crippen LogP contribution >= 0.6 is 11.6 Å². The maximum absolute atomic E-state index is 12.3. The van der Waals surface area contributed by atoms with E-state index in [2.05, 4.69) is 10.1 Å². The molecule has 1 aliphatic heterocycles. The number of nitrogens with one attached hydrogen (secondary N) is 1. The third-order valence-corrected chi connectivity index (χ3v) is 4.97. The summed E-state index contributed by atoms with van der Waals surface area (Å²) in [6.07, 6.45) is 1.83. The monoisotopic (exact) mass is 419 g/mol. The summed E-state index contributed by atoms with van der Waals surface area (Å²) in [5.41, 5.74) is 4.44. The zero-order chi connectivity index (χ0) is 21.1. The maximum Gasteiger partial charge on any atom is 0.337 e. The van der Waals surface area contributed by atoms with E-state index in [4.69, 9.17) is 16.3 Å².